The number of hydrogen-bond acceptors (Lipinski definition) is 3. The maximum Gasteiger partial charge on any atom is 0.278 e. The molecule has 0 spiro atoms. The van der Waals surface area contributed by atoms with Gasteiger partial charge in [0.2, 0.25) is 0 Å². The molecule has 128 valence electrons. The van der Waals surface area contributed by atoms with E-state index < -0.39 is 11.7 Å². The third-order valence-electron chi connectivity index (χ3n) is 3.66. The number of anilines is 1. The van der Waals surface area contributed by atoms with Crippen molar-refractivity contribution in [3.05, 3.63) is 70.8 Å². The van der Waals surface area contributed by atoms with Crippen LogP contribution in [0.2, 0.25) is 5.02 Å². The lowest BCUT2D eigenvalue weighted by Crippen LogP contribution is -2.16. The lowest BCUT2D eigenvalue weighted by atomic mass is 10.2. The van der Waals surface area contributed by atoms with Gasteiger partial charge in [0.15, 0.2) is 5.69 Å². The monoisotopic (exact) mass is 358 g/mol. The van der Waals surface area contributed by atoms with Crippen molar-refractivity contribution in [3.8, 4) is 5.69 Å². The first-order chi connectivity index (χ1) is 12.1. The molecule has 0 aliphatic carbocycles. The molecule has 3 rings (SSSR count). The summed E-state index contributed by atoms with van der Waals surface area (Å²) in [5.74, 6) is -0.994. The van der Waals surface area contributed by atoms with Crippen LogP contribution < -0.4 is 5.32 Å². The van der Waals surface area contributed by atoms with Gasteiger partial charge in [-0.2, -0.15) is 0 Å². The lowest BCUT2D eigenvalue weighted by molar-refractivity contribution is 0.102. The van der Waals surface area contributed by atoms with Gasteiger partial charge >= 0.3 is 0 Å². The average molecular weight is 359 g/mol. The van der Waals surface area contributed by atoms with E-state index in [4.69, 9.17) is 11.6 Å². The van der Waals surface area contributed by atoms with Crippen molar-refractivity contribution in [2.75, 3.05) is 5.32 Å². The molecule has 3 aromatic rings. The Morgan fingerprint density at radius 1 is 1.20 bits per heavy atom. The van der Waals surface area contributed by atoms with Gasteiger partial charge in [-0.05, 0) is 42.8 Å². The van der Waals surface area contributed by atoms with Crippen LogP contribution in [0.5, 0.6) is 0 Å². The van der Waals surface area contributed by atoms with Crippen molar-refractivity contribution < 1.29 is 9.18 Å². The Morgan fingerprint density at radius 3 is 2.60 bits per heavy atom. The molecule has 0 unspecified atom stereocenters. The summed E-state index contributed by atoms with van der Waals surface area (Å²) < 4.78 is 15.4. The number of benzene rings is 2. The SMILES string of the molecule is CCCc1c(C(=O)Nc2ccccc2F)nnn1-c1ccc(Cl)cc1. The molecule has 1 amide bonds. The summed E-state index contributed by atoms with van der Waals surface area (Å²) in [5, 5.41) is 11.3. The van der Waals surface area contributed by atoms with Crippen LogP contribution in [0.1, 0.15) is 29.5 Å². The van der Waals surface area contributed by atoms with Gasteiger partial charge in [0.25, 0.3) is 5.91 Å². The van der Waals surface area contributed by atoms with Crippen molar-refractivity contribution in [1.82, 2.24) is 15.0 Å². The van der Waals surface area contributed by atoms with Crippen LogP contribution in [-0.2, 0) is 6.42 Å². The zero-order valence-corrected chi connectivity index (χ0v) is 14.3. The number of para-hydroxylation sites is 1. The topological polar surface area (TPSA) is 59.8 Å². The highest BCUT2D eigenvalue weighted by Gasteiger charge is 2.21. The summed E-state index contributed by atoms with van der Waals surface area (Å²) in [6.07, 6.45) is 1.41. The Balaban J connectivity index is 1.95. The van der Waals surface area contributed by atoms with E-state index in [2.05, 4.69) is 15.6 Å². The van der Waals surface area contributed by atoms with Gasteiger partial charge in [-0.15, -0.1) is 5.10 Å². The van der Waals surface area contributed by atoms with Gasteiger partial charge in [-0.25, -0.2) is 9.07 Å². The molecular weight excluding hydrogens is 343 g/mol. The molecule has 7 heteroatoms. The molecule has 0 radical (unpaired) electrons. The molecule has 0 saturated heterocycles. The Hall–Kier alpha value is -2.73. The molecule has 0 aliphatic rings. The molecule has 1 N–H and O–H groups in total. The van der Waals surface area contributed by atoms with E-state index in [-0.39, 0.29) is 11.4 Å². The summed E-state index contributed by atoms with van der Waals surface area (Å²) in [4.78, 5) is 12.5. The molecule has 25 heavy (non-hydrogen) atoms. The normalized spacial score (nSPS) is 10.7. The van der Waals surface area contributed by atoms with E-state index in [0.717, 1.165) is 12.1 Å². The van der Waals surface area contributed by atoms with E-state index in [1.807, 2.05) is 6.92 Å². The Morgan fingerprint density at radius 2 is 1.92 bits per heavy atom. The minimum atomic E-state index is -0.502. The Labute approximate surface area is 149 Å². The van der Waals surface area contributed by atoms with Crippen molar-refractivity contribution in [2.24, 2.45) is 0 Å². The van der Waals surface area contributed by atoms with Crippen LogP contribution in [0.4, 0.5) is 10.1 Å². The largest absolute Gasteiger partial charge is 0.318 e. The van der Waals surface area contributed by atoms with Crippen molar-refractivity contribution in [1.29, 1.82) is 0 Å². The number of nitrogens with zero attached hydrogens (tertiary/aromatic N) is 3. The highest BCUT2D eigenvalue weighted by Crippen LogP contribution is 2.19. The van der Waals surface area contributed by atoms with Gasteiger partial charge in [-0.3, -0.25) is 4.79 Å². The summed E-state index contributed by atoms with van der Waals surface area (Å²) in [6, 6.07) is 13.1. The smallest absolute Gasteiger partial charge is 0.278 e. The summed E-state index contributed by atoms with van der Waals surface area (Å²) in [5.41, 5.74) is 1.71. The molecule has 0 saturated carbocycles. The van der Waals surface area contributed by atoms with Gasteiger partial charge in [-0.1, -0.05) is 42.3 Å². The fourth-order valence-corrected chi connectivity index (χ4v) is 2.60. The molecule has 1 heterocycles. The number of amides is 1. The summed E-state index contributed by atoms with van der Waals surface area (Å²) in [6.45, 7) is 2.00. The highest BCUT2D eigenvalue weighted by molar-refractivity contribution is 6.30. The molecule has 0 atom stereocenters. The number of rotatable bonds is 5. The first-order valence-electron chi connectivity index (χ1n) is 7.86. The second-order valence-electron chi connectivity index (χ2n) is 5.46. The van der Waals surface area contributed by atoms with E-state index in [0.29, 0.717) is 17.1 Å². The molecule has 0 aliphatic heterocycles. The van der Waals surface area contributed by atoms with Crippen LogP contribution in [0.15, 0.2) is 48.5 Å². The average Bonchev–Trinajstić information content (AvgIpc) is 3.02. The first-order valence-corrected chi connectivity index (χ1v) is 8.24. The van der Waals surface area contributed by atoms with E-state index in [1.54, 1.807) is 41.1 Å². The number of carbonyl (C=O) groups is 1. The second-order valence-corrected chi connectivity index (χ2v) is 5.89. The molecular formula is C18H16ClFN4O. The highest BCUT2D eigenvalue weighted by atomic mass is 35.5. The van der Waals surface area contributed by atoms with E-state index in [9.17, 15) is 9.18 Å². The van der Waals surface area contributed by atoms with Gasteiger partial charge in [0.1, 0.15) is 5.82 Å². The van der Waals surface area contributed by atoms with Crippen LogP contribution in [-0.4, -0.2) is 20.9 Å². The molecule has 1 aromatic heterocycles. The first kappa shape index (κ1) is 17.1. The standard InChI is InChI=1S/C18H16ClFN4O/c1-2-5-16-17(18(25)21-15-7-4-3-6-14(15)20)22-23-24(16)13-10-8-12(19)9-11-13/h3-4,6-11H,2,5H2,1H3,(H,21,25). The van der Waals surface area contributed by atoms with Gasteiger partial charge in [0, 0.05) is 5.02 Å². The second kappa shape index (κ2) is 7.44. The van der Waals surface area contributed by atoms with Crippen molar-refractivity contribution >= 4 is 23.2 Å². The fourth-order valence-electron chi connectivity index (χ4n) is 2.47. The van der Waals surface area contributed by atoms with E-state index in [1.165, 1.54) is 12.1 Å². The summed E-state index contributed by atoms with van der Waals surface area (Å²) >= 11 is 5.92. The van der Waals surface area contributed by atoms with Crippen LogP contribution in [0.3, 0.4) is 0 Å². The molecule has 5 nitrogen and oxygen atoms in total. The number of nitrogens with one attached hydrogen (secondary N) is 1. The maximum atomic E-state index is 13.8. The van der Waals surface area contributed by atoms with Crippen LogP contribution in [0, 0.1) is 5.82 Å². The number of carbonyl (C=O) groups excluding carboxylic acids is 1. The lowest BCUT2D eigenvalue weighted by Gasteiger charge is -2.08. The minimum absolute atomic E-state index is 0.107. The Bertz CT molecular complexity index is 892. The zero-order chi connectivity index (χ0) is 17.8. The minimum Gasteiger partial charge on any atom is -0.318 e. The fraction of sp³-hybridized carbons (Fsp3) is 0.167. The third kappa shape index (κ3) is 3.69. The predicted molar refractivity (Wildman–Crippen MR) is 94.7 cm³/mol. The van der Waals surface area contributed by atoms with Gasteiger partial charge in [0.05, 0.1) is 17.1 Å². The third-order valence-corrected chi connectivity index (χ3v) is 3.91. The molecule has 0 fully saturated rings. The quantitative estimate of drug-likeness (QED) is 0.741. The number of halogens is 2. The molecule has 2 aromatic carbocycles. The summed E-state index contributed by atoms with van der Waals surface area (Å²) in [7, 11) is 0. The molecule has 0 bridgehead atoms. The number of aromatic nitrogens is 3. The number of hydrogen-bond donors (Lipinski definition) is 1. The Kier molecular flexibility index (Phi) is 5.09. The van der Waals surface area contributed by atoms with Gasteiger partial charge < -0.3 is 5.32 Å². The predicted octanol–water partition coefficient (Wildman–Crippen LogP) is 4.26. The zero-order valence-electron chi connectivity index (χ0n) is 13.5. The van der Waals surface area contributed by atoms with Crippen molar-refractivity contribution in [2.45, 2.75) is 19.8 Å². The van der Waals surface area contributed by atoms with E-state index >= 15 is 0 Å². The maximum absolute atomic E-state index is 13.8. The van der Waals surface area contributed by atoms with Crippen LogP contribution in [0.25, 0.3) is 5.69 Å². The van der Waals surface area contributed by atoms with Crippen LogP contribution >= 0.6 is 11.6 Å². The van der Waals surface area contributed by atoms with Crippen molar-refractivity contribution in [3.63, 3.8) is 0 Å².